The lowest BCUT2D eigenvalue weighted by Gasteiger charge is -2.20. The predicted molar refractivity (Wildman–Crippen MR) is 72.5 cm³/mol. The summed E-state index contributed by atoms with van der Waals surface area (Å²) in [6, 6.07) is 7.08. The van der Waals surface area contributed by atoms with Crippen LogP contribution in [0.5, 0.6) is 0 Å². The summed E-state index contributed by atoms with van der Waals surface area (Å²) in [5.41, 5.74) is 0.857. The van der Waals surface area contributed by atoms with Gasteiger partial charge in [-0.25, -0.2) is 4.79 Å². The third kappa shape index (κ3) is 4.39. The van der Waals surface area contributed by atoms with Gasteiger partial charge in [-0.15, -0.1) is 6.58 Å². The maximum Gasteiger partial charge on any atom is 0.318 e. The van der Waals surface area contributed by atoms with Crippen molar-refractivity contribution in [3.63, 3.8) is 0 Å². The maximum atomic E-state index is 11.8. The van der Waals surface area contributed by atoms with Crippen LogP contribution in [0, 0.1) is 0 Å². The number of carbonyl (C=O) groups is 1. The van der Waals surface area contributed by atoms with Crippen LogP contribution in [0.25, 0.3) is 0 Å². The monoisotopic (exact) mass is 268 g/mol. The van der Waals surface area contributed by atoms with E-state index in [1.807, 2.05) is 18.2 Å². The molecule has 18 heavy (non-hydrogen) atoms. The molecule has 0 aliphatic heterocycles. The minimum atomic E-state index is -0.246. The highest BCUT2D eigenvalue weighted by atomic mass is 35.5. The van der Waals surface area contributed by atoms with E-state index in [0.717, 1.165) is 5.56 Å². The van der Waals surface area contributed by atoms with Gasteiger partial charge in [0.1, 0.15) is 0 Å². The molecular formula is C13H17ClN2O2. The van der Waals surface area contributed by atoms with E-state index in [1.54, 1.807) is 12.1 Å². The molecule has 1 aromatic carbocycles. The molecule has 0 atom stereocenters. The molecule has 2 N–H and O–H groups in total. The van der Waals surface area contributed by atoms with E-state index in [1.165, 1.54) is 4.90 Å². The maximum absolute atomic E-state index is 11.8. The molecular weight excluding hydrogens is 252 g/mol. The summed E-state index contributed by atoms with van der Waals surface area (Å²) in [6.07, 6.45) is 1.62. The predicted octanol–water partition coefficient (Wildman–Crippen LogP) is 2.03. The first-order valence-electron chi connectivity index (χ1n) is 5.67. The zero-order chi connectivity index (χ0) is 13.4. The van der Waals surface area contributed by atoms with Crippen LogP contribution < -0.4 is 5.32 Å². The van der Waals surface area contributed by atoms with Crippen molar-refractivity contribution in [3.05, 3.63) is 47.5 Å². The van der Waals surface area contributed by atoms with Gasteiger partial charge >= 0.3 is 6.03 Å². The van der Waals surface area contributed by atoms with Gasteiger partial charge in [-0.2, -0.15) is 0 Å². The van der Waals surface area contributed by atoms with E-state index in [4.69, 9.17) is 16.7 Å². The molecule has 2 amide bonds. The first-order chi connectivity index (χ1) is 8.69. The van der Waals surface area contributed by atoms with Crippen molar-refractivity contribution < 1.29 is 9.90 Å². The zero-order valence-electron chi connectivity index (χ0n) is 10.1. The minimum Gasteiger partial charge on any atom is -0.395 e. The fourth-order valence-corrected chi connectivity index (χ4v) is 1.68. The summed E-state index contributed by atoms with van der Waals surface area (Å²) >= 11 is 5.99. The van der Waals surface area contributed by atoms with Crippen molar-refractivity contribution in [1.29, 1.82) is 0 Å². The number of nitrogens with zero attached hydrogens (tertiary/aromatic N) is 1. The molecule has 0 bridgehead atoms. The molecule has 98 valence electrons. The van der Waals surface area contributed by atoms with E-state index in [-0.39, 0.29) is 19.2 Å². The largest absolute Gasteiger partial charge is 0.395 e. The highest BCUT2D eigenvalue weighted by molar-refractivity contribution is 6.31. The van der Waals surface area contributed by atoms with E-state index >= 15 is 0 Å². The number of hydrogen-bond donors (Lipinski definition) is 2. The second-order valence-electron chi connectivity index (χ2n) is 3.71. The number of urea groups is 1. The molecule has 4 nitrogen and oxygen atoms in total. The van der Waals surface area contributed by atoms with Crippen molar-refractivity contribution in [3.8, 4) is 0 Å². The number of nitrogens with one attached hydrogen (secondary N) is 1. The van der Waals surface area contributed by atoms with Gasteiger partial charge in [0.2, 0.25) is 0 Å². The number of amides is 2. The number of carbonyl (C=O) groups excluding carboxylic acids is 1. The SMILES string of the molecule is C=CCN(CCO)C(=O)NCc1ccccc1Cl. The smallest absolute Gasteiger partial charge is 0.318 e. The Morgan fingerprint density at radius 1 is 1.50 bits per heavy atom. The van der Waals surface area contributed by atoms with Crippen LogP contribution in [0.3, 0.4) is 0 Å². The fourth-order valence-electron chi connectivity index (χ4n) is 1.48. The molecule has 0 aliphatic carbocycles. The Balaban J connectivity index is 2.53. The second-order valence-corrected chi connectivity index (χ2v) is 4.12. The topological polar surface area (TPSA) is 52.6 Å². The van der Waals surface area contributed by atoms with Gasteiger partial charge in [-0.1, -0.05) is 35.9 Å². The number of halogens is 1. The lowest BCUT2D eigenvalue weighted by atomic mass is 10.2. The quantitative estimate of drug-likeness (QED) is 0.776. The van der Waals surface area contributed by atoms with Crippen molar-refractivity contribution in [2.24, 2.45) is 0 Å². The average molecular weight is 269 g/mol. The summed E-state index contributed by atoms with van der Waals surface area (Å²) in [6.45, 7) is 4.53. The summed E-state index contributed by atoms with van der Waals surface area (Å²) < 4.78 is 0. The molecule has 0 fully saturated rings. The number of hydrogen-bond acceptors (Lipinski definition) is 2. The lowest BCUT2D eigenvalue weighted by Crippen LogP contribution is -2.41. The highest BCUT2D eigenvalue weighted by Crippen LogP contribution is 2.14. The van der Waals surface area contributed by atoms with Crippen molar-refractivity contribution in [2.75, 3.05) is 19.7 Å². The third-order valence-corrected chi connectivity index (χ3v) is 2.76. The first-order valence-corrected chi connectivity index (χ1v) is 6.04. The van der Waals surface area contributed by atoms with Gasteiger partial charge in [0.05, 0.1) is 6.61 Å². The van der Waals surface area contributed by atoms with E-state index in [9.17, 15) is 4.79 Å². The first kappa shape index (κ1) is 14.5. The average Bonchev–Trinajstić information content (AvgIpc) is 2.37. The summed E-state index contributed by atoms with van der Waals surface area (Å²) in [7, 11) is 0. The zero-order valence-corrected chi connectivity index (χ0v) is 10.9. The van der Waals surface area contributed by atoms with Gasteiger partial charge in [-0.3, -0.25) is 0 Å². The summed E-state index contributed by atoms with van der Waals surface area (Å²) in [4.78, 5) is 13.3. The van der Waals surface area contributed by atoms with Crippen LogP contribution >= 0.6 is 11.6 Å². The summed E-state index contributed by atoms with van der Waals surface area (Å²) in [5, 5.41) is 12.2. The Bertz CT molecular complexity index is 410. The minimum absolute atomic E-state index is 0.0760. The highest BCUT2D eigenvalue weighted by Gasteiger charge is 2.11. The number of rotatable bonds is 6. The Kier molecular flexibility index (Phi) is 6.25. The number of aliphatic hydroxyl groups excluding tert-OH is 1. The normalized spacial score (nSPS) is 9.89. The fraction of sp³-hybridized carbons (Fsp3) is 0.308. The van der Waals surface area contributed by atoms with Crippen molar-refractivity contribution in [1.82, 2.24) is 10.2 Å². The standard InChI is InChI=1S/C13H17ClN2O2/c1-2-7-16(8-9-17)13(18)15-10-11-5-3-4-6-12(11)14/h2-6,17H,1,7-10H2,(H,15,18). The molecule has 0 saturated heterocycles. The lowest BCUT2D eigenvalue weighted by molar-refractivity contribution is 0.183. The van der Waals surface area contributed by atoms with Crippen LogP contribution in [-0.2, 0) is 6.54 Å². The number of benzene rings is 1. The molecule has 0 spiro atoms. The Labute approximate surface area is 112 Å². The van der Waals surface area contributed by atoms with Crippen LogP contribution in [0.4, 0.5) is 4.79 Å². The molecule has 0 unspecified atom stereocenters. The molecule has 0 radical (unpaired) electrons. The Morgan fingerprint density at radius 2 is 2.22 bits per heavy atom. The van der Waals surface area contributed by atoms with E-state index < -0.39 is 0 Å². The van der Waals surface area contributed by atoms with Gasteiger partial charge < -0.3 is 15.3 Å². The Morgan fingerprint density at radius 3 is 2.83 bits per heavy atom. The molecule has 0 aliphatic rings. The van der Waals surface area contributed by atoms with Gasteiger partial charge in [0.25, 0.3) is 0 Å². The summed E-state index contributed by atoms with van der Waals surface area (Å²) in [5.74, 6) is 0. The van der Waals surface area contributed by atoms with E-state index in [2.05, 4.69) is 11.9 Å². The van der Waals surface area contributed by atoms with Crippen molar-refractivity contribution in [2.45, 2.75) is 6.54 Å². The van der Waals surface area contributed by atoms with Crippen LogP contribution in [-0.4, -0.2) is 35.7 Å². The van der Waals surface area contributed by atoms with Crippen LogP contribution in [0.1, 0.15) is 5.56 Å². The van der Waals surface area contributed by atoms with Crippen molar-refractivity contribution >= 4 is 17.6 Å². The molecule has 1 aromatic rings. The van der Waals surface area contributed by atoms with Crippen LogP contribution in [0.2, 0.25) is 5.02 Å². The molecule has 0 heterocycles. The Hall–Kier alpha value is -1.52. The molecule has 0 saturated carbocycles. The second kappa shape index (κ2) is 7.74. The van der Waals surface area contributed by atoms with Gasteiger partial charge in [-0.05, 0) is 11.6 Å². The van der Waals surface area contributed by atoms with E-state index in [0.29, 0.717) is 18.1 Å². The van der Waals surface area contributed by atoms with Crippen LogP contribution in [0.15, 0.2) is 36.9 Å². The number of aliphatic hydroxyl groups is 1. The molecule has 1 rings (SSSR count). The van der Waals surface area contributed by atoms with Gasteiger partial charge in [0.15, 0.2) is 0 Å². The molecule has 0 aromatic heterocycles. The molecule has 5 heteroatoms. The third-order valence-electron chi connectivity index (χ3n) is 2.39. The van der Waals surface area contributed by atoms with Gasteiger partial charge in [0, 0.05) is 24.7 Å².